The van der Waals surface area contributed by atoms with Crippen LogP contribution in [0.3, 0.4) is 0 Å². The minimum Gasteiger partial charge on any atom is -0.369 e. The average Bonchev–Trinajstić information content (AvgIpc) is 2.98. The lowest BCUT2D eigenvalue weighted by Crippen LogP contribution is -2.46. The summed E-state index contributed by atoms with van der Waals surface area (Å²) in [6, 6.07) is 8.45. The second kappa shape index (κ2) is 5.77. The summed E-state index contributed by atoms with van der Waals surface area (Å²) in [4.78, 5) is 16.6. The monoisotopic (exact) mass is 293 g/mol. The van der Waals surface area contributed by atoms with Gasteiger partial charge < -0.3 is 9.88 Å². The van der Waals surface area contributed by atoms with E-state index < -0.39 is 0 Å². The van der Waals surface area contributed by atoms with Crippen molar-refractivity contribution in [1.29, 1.82) is 0 Å². The van der Waals surface area contributed by atoms with E-state index in [4.69, 9.17) is 0 Å². The number of nitrogens with one attached hydrogen (secondary N) is 1. The van der Waals surface area contributed by atoms with Crippen molar-refractivity contribution >= 4 is 16.6 Å². The Morgan fingerprint density at radius 3 is 2.50 bits per heavy atom. The summed E-state index contributed by atoms with van der Waals surface area (Å²) < 4.78 is 0. The molecule has 112 valence electrons. The highest BCUT2D eigenvalue weighted by atomic mass is 15.3. The van der Waals surface area contributed by atoms with Crippen LogP contribution in [0.4, 0.5) is 5.69 Å². The van der Waals surface area contributed by atoms with Gasteiger partial charge in [-0.3, -0.25) is 14.9 Å². The number of fused-ring (bicyclic) bond motifs is 1. The lowest BCUT2D eigenvalue weighted by molar-refractivity contribution is 0.247. The molecule has 1 aliphatic heterocycles. The molecule has 1 N–H and O–H groups in total. The molecule has 0 saturated carbocycles. The van der Waals surface area contributed by atoms with E-state index in [1.807, 2.05) is 24.8 Å². The summed E-state index contributed by atoms with van der Waals surface area (Å²) >= 11 is 0. The zero-order valence-electron chi connectivity index (χ0n) is 12.4. The molecule has 22 heavy (non-hydrogen) atoms. The second-order valence-electron chi connectivity index (χ2n) is 5.73. The van der Waals surface area contributed by atoms with Crippen molar-refractivity contribution in [3.05, 3.63) is 54.7 Å². The van der Waals surface area contributed by atoms with E-state index in [-0.39, 0.29) is 0 Å². The van der Waals surface area contributed by atoms with Crippen LogP contribution in [-0.2, 0) is 6.54 Å². The molecule has 1 fully saturated rings. The molecule has 0 spiro atoms. The largest absolute Gasteiger partial charge is 0.369 e. The molecule has 0 atom stereocenters. The second-order valence-corrected chi connectivity index (χ2v) is 5.73. The molecule has 0 aliphatic carbocycles. The Morgan fingerprint density at radius 1 is 0.955 bits per heavy atom. The normalized spacial score (nSPS) is 16.3. The molecule has 5 nitrogen and oxygen atoms in total. The minimum absolute atomic E-state index is 0.971. The first-order chi connectivity index (χ1) is 10.9. The Morgan fingerprint density at radius 2 is 1.73 bits per heavy atom. The van der Waals surface area contributed by atoms with Crippen molar-refractivity contribution in [2.24, 2.45) is 0 Å². The maximum absolute atomic E-state index is 4.16. The maximum Gasteiger partial charge on any atom is 0.0642 e. The molecule has 0 amide bonds. The molecule has 1 saturated heterocycles. The van der Waals surface area contributed by atoms with Crippen LogP contribution >= 0.6 is 0 Å². The molecule has 0 bridgehead atoms. The molecular weight excluding hydrogens is 274 g/mol. The summed E-state index contributed by atoms with van der Waals surface area (Å²) in [7, 11) is 0. The van der Waals surface area contributed by atoms with Gasteiger partial charge in [-0.05, 0) is 24.3 Å². The van der Waals surface area contributed by atoms with E-state index >= 15 is 0 Å². The summed E-state index contributed by atoms with van der Waals surface area (Å²) in [6.07, 6.45) is 7.45. The number of hydrogen-bond acceptors (Lipinski definition) is 4. The van der Waals surface area contributed by atoms with Gasteiger partial charge in [-0.15, -0.1) is 0 Å². The fraction of sp³-hybridized carbons (Fsp3) is 0.294. The van der Waals surface area contributed by atoms with Crippen molar-refractivity contribution in [2.45, 2.75) is 6.54 Å². The molecule has 5 heteroatoms. The van der Waals surface area contributed by atoms with Gasteiger partial charge in [0, 0.05) is 68.1 Å². The Bertz CT molecular complexity index is 711. The van der Waals surface area contributed by atoms with Crippen molar-refractivity contribution < 1.29 is 0 Å². The smallest absolute Gasteiger partial charge is 0.0642 e. The number of anilines is 1. The first-order valence-electron chi connectivity index (χ1n) is 7.67. The van der Waals surface area contributed by atoms with Crippen LogP contribution in [0.15, 0.2) is 49.1 Å². The van der Waals surface area contributed by atoms with Gasteiger partial charge in [0.15, 0.2) is 0 Å². The number of rotatable bonds is 3. The number of pyridine rings is 2. The summed E-state index contributed by atoms with van der Waals surface area (Å²) in [5, 5.41) is 1.24. The number of hydrogen-bond donors (Lipinski definition) is 1. The van der Waals surface area contributed by atoms with Crippen LogP contribution in [0.25, 0.3) is 10.9 Å². The van der Waals surface area contributed by atoms with E-state index in [1.165, 1.54) is 16.8 Å². The van der Waals surface area contributed by atoms with Gasteiger partial charge in [0.2, 0.25) is 0 Å². The number of aromatic amines is 1. The first kappa shape index (κ1) is 13.3. The molecule has 3 aromatic heterocycles. The topological polar surface area (TPSA) is 48.0 Å². The Hall–Kier alpha value is -2.40. The number of nitrogens with zero attached hydrogens (tertiary/aromatic N) is 4. The Labute approximate surface area is 129 Å². The highest BCUT2D eigenvalue weighted by molar-refractivity contribution is 5.79. The van der Waals surface area contributed by atoms with Gasteiger partial charge in [0.05, 0.1) is 11.7 Å². The third kappa shape index (κ3) is 2.67. The van der Waals surface area contributed by atoms with Crippen LogP contribution < -0.4 is 4.90 Å². The third-order valence-electron chi connectivity index (χ3n) is 4.27. The average molecular weight is 293 g/mol. The van der Waals surface area contributed by atoms with E-state index in [0.29, 0.717) is 0 Å². The molecule has 1 aliphatic rings. The van der Waals surface area contributed by atoms with Gasteiger partial charge in [-0.2, -0.15) is 0 Å². The Balaban J connectivity index is 1.39. The van der Waals surface area contributed by atoms with Gasteiger partial charge in [-0.25, -0.2) is 0 Å². The standard InChI is InChI=1S/C17H19N5/c1-4-19-12-17-14(1)11-15(20-17)13-21-7-9-22(10-8-21)16-2-5-18-6-3-16/h1-6,11-12,20H,7-10,13H2. The van der Waals surface area contributed by atoms with Gasteiger partial charge in [0.1, 0.15) is 0 Å². The highest BCUT2D eigenvalue weighted by Gasteiger charge is 2.17. The lowest BCUT2D eigenvalue weighted by Gasteiger charge is -2.35. The fourth-order valence-electron chi connectivity index (χ4n) is 3.08. The zero-order valence-corrected chi connectivity index (χ0v) is 12.4. The van der Waals surface area contributed by atoms with Gasteiger partial charge in [-0.1, -0.05) is 0 Å². The van der Waals surface area contributed by atoms with Crippen molar-refractivity contribution in [3.63, 3.8) is 0 Å². The zero-order chi connectivity index (χ0) is 14.8. The van der Waals surface area contributed by atoms with E-state index in [2.05, 4.69) is 49.0 Å². The predicted molar refractivity (Wildman–Crippen MR) is 87.8 cm³/mol. The Kier molecular flexibility index (Phi) is 3.48. The molecule has 4 rings (SSSR count). The number of H-pyrrole nitrogens is 1. The molecular formula is C17H19N5. The van der Waals surface area contributed by atoms with Crippen molar-refractivity contribution in [2.75, 3.05) is 31.1 Å². The van der Waals surface area contributed by atoms with Crippen LogP contribution in [0.1, 0.15) is 5.69 Å². The summed E-state index contributed by atoms with van der Waals surface area (Å²) in [5.74, 6) is 0. The fourth-order valence-corrected chi connectivity index (χ4v) is 3.08. The van der Waals surface area contributed by atoms with Gasteiger partial charge in [0.25, 0.3) is 0 Å². The summed E-state index contributed by atoms with van der Waals surface area (Å²) in [6.45, 7) is 5.25. The molecule has 4 heterocycles. The van der Waals surface area contributed by atoms with E-state index in [9.17, 15) is 0 Å². The highest BCUT2D eigenvalue weighted by Crippen LogP contribution is 2.18. The minimum atomic E-state index is 0.971. The molecule has 3 aromatic rings. The van der Waals surface area contributed by atoms with Crippen LogP contribution in [0, 0.1) is 0 Å². The number of aromatic nitrogens is 3. The molecule has 0 unspecified atom stereocenters. The number of piperazine rings is 1. The van der Waals surface area contributed by atoms with E-state index in [0.717, 1.165) is 38.2 Å². The molecule has 0 radical (unpaired) electrons. The maximum atomic E-state index is 4.16. The van der Waals surface area contributed by atoms with Gasteiger partial charge >= 0.3 is 0 Å². The third-order valence-corrected chi connectivity index (χ3v) is 4.27. The quantitative estimate of drug-likeness (QED) is 0.805. The predicted octanol–water partition coefficient (Wildman–Crippen LogP) is 2.28. The lowest BCUT2D eigenvalue weighted by atomic mass is 10.2. The van der Waals surface area contributed by atoms with E-state index in [1.54, 1.807) is 0 Å². The van der Waals surface area contributed by atoms with Crippen LogP contribution in [0.2, 0.25) is 0 Å². The summed E-state index contributed by atoms with van der Waals surface area (Å²) in [5.41, 5.74) is 3.65. The van der Waals surface area contributed by atoms with Crippen molar-refractivity contribution in [1.82, 2.24) is 19.9 Å². The van der Waals surface area contributed by atoms with Crippen LogP contribution in [-0.4, -0.2) is 46.0 Å². The van der Waals surface area contributed by atoms with Crippen molar-refractivity contribution in [3.8, 4) is 0 Å². The van der Waals surface area contributed by atoms with Crippen LogP contribution in [0.5, 0.6) is 0 Å². The molecule has 0 aromatic carbocycles. The SMILES string of the molecule is c1cc(N2CCN(Cc3cc4ccncc4[nH]3)CC2)ccn1. The first-order valence-corrected chi connectivity index (χ1v) is 7.67.